The molecule has 0 saturated carbocycles. The molecule has 0 aliphatic carbocycles. The lowest BCUT2D eigenvalue weighted by Crippen LogP contribution is -2.53. The number of nitrogens with two attached hydrogens (primary N) is 1. The molecular formula is C12H24N6OS. The van der Waals surface area contributed by atoms with Crippen LogP contribution in [-0.2, 0) is 11.8 Å². The van der Waals surface area contributed by atoms with Crippen molar-refractivity contribution in [3.05, 3.63) is 0 Å². The molecule has 3 N–H and O–H groups in total. The molecule has 0 bridgehead atoms. The van der Waals surface area contributed by atoms with Gasteiger partial charge in [-0.1, -0.05) is 25.1 Å². The Labute approximate surface area is 124 Å². The molecule has 1 atom stereocenters. The molecule has 0 saturated heterocycles. The molecule has 1 unspecified atom stereocenters. The van der Waals surface area contributed by atoms with Crippen molar-refractivity contribution in [2.45, 2.75) is 50.2 Å². The van der Waals surface area contributed by atoms with Gasteiger partial charge >= 0.3 is 0 Å². The summed E-state index contributed by atoms with van der Waals surface area (Å²) in [5, 5.41) is 15.3. The summed E-state index contributed by atoms with van der Waals surface area (Å²) in [6.07, 6.45) is 3.67. The zero-order chi connectivity index (χ0) is 15.0. The predicted octanol–water partition coefficient (Wildman–Crippen LogP) is 0.716. The first kappa shape index (κ1) is 16.9. The van der Waals surface area contributed by atoms with Gasteiger partial charge in [0.25, 0.3) is 0 Å². The molecule has 1 rings (SSSR count). The number of aromatic nitrogens is 4. The minimum Gasteiger partial charge on any atom is -0.368 e. The van der Waals surface area contributed by atoms with E-state index in [2.05, 4.69) is 27.8 Å². The molecule has 0 aliphatic rings. The Balaban J connectivity index is 2.27. The average molecular weight is 300 g/mol. The third-order valence-electron chi connectivity index (χ3n) is 3.19. The summed E-state index contributed by atoms with van der Waals surface area (Å²) in [5.41, 5.74) is 4.88. The number of carbonyl (C=O) groups excluding carboxylic acids is 1. The van der Waals surface area contributed by atoms with E-state index < -0.39 is 5.54 Å². The zero-order valence-electron chi connectivity index (χ0n) is 12.4. The van der Waals surface area contributed by atoms with Gasteiger partial charge in [0.05, 0.1) is 5.54 Å². The third kappa shape index (κ3) is 5.09. The number of rotatable bonds is 10. The number of primary amides is 1. The zero-order valence-corrected chi connectivity index (χ0v) is 13.2. The number of aryl methyl sites for hydroxylation is 1. The fourth-order valence-corrected chi connectivity index (χ4v) is 2.64. The van der Waals surface area contributed by atoms with E-state index in [4.69, 9.17) is 5.73 Å². The SMILES string of the molecule is CCCNC(C)(CCCCSc1nnnn1C)C(N)=O. The standard InChI is InChI=1S/C12H24N6OS/c1-4-8-14-12(2,10(13)19)7-5-6-9-20-11-15-16-17-18(11)3/h14H,4-9H2,1-3H3,(H2,13,19). The van der Waals surface area contributed by atoms with Crippen LogP contribution in [0.2, 0.25) is 0 Å². The molecule has 0 aromatic carbocycles. The van der Waals surface area contributed by atoms with Crippen LogP contribution in [0.3, 0.4) is 0 Å². The van der Waals surface area contributed by atoms with Crippen LogP contribution in [0.5, 0.6) is 0 Å². The maximum absolute atomic E-state index is 11.5. The highest BCUT2D eigenvalue weighted by molar-refractivity contribution is 7.99. The Morgan fingerprint density at radius 1 is 1.50 bits per heavy atom. The molecular weight excluding hydrogens is 276 g/mol. The van der Waals surface area contributed by atoms with Gasteiger partial charge in [-0.05, 0) is 43.2 Å². The maximum Gasteiger partial charge on any atom is 0.237 e. The average Bonchev–Trinajstić information content (AvgIpc) is 2.81. The van der Waals surface area contributed by atoms with Crippen LogP contribution >= 0.6 is 11.8 Å². The van der Waals surface area contributed by atoms with Gasteiger partial charge in [-0.25, -0.2) is 4.68 Å². The lowest BCUT2D eigenvalue weighted by Gasteiger charge is -2.27. The molecule has 20 heavy (non-hydrogen) atoms. The second-order valence-corrected chi connectivity index (χ2v) is 6.08. The minimum absolute atomic E-state index is 0.281. The Hall–Kier alpha value is -1.15. The predicted molar refractivity (Wildman–Crippen MR) is 79.3 cm³/mol. The maximum atomic E-state index is 11.5. The van der Waals surface area contributed by atoms with Gasteiger partial charge in [0, 0.05) is 12.8 Å². The third-order valence-corrected chi connectivity index (χ3v) is 4.29. The number of amides is 1. The first-order valence-electron chi connectivity index (χ1n) is 6.89. The fraction of sp³-hybridized carbons (Fsp3) is 0.833. The summed E-state index contributed by atoms with van der Waals surface area (Å²) in [7, 11) is 1.82. The molecule has 1 amide bonds. The van der Waals surface area contributed by atoms with Gasteiger partial charge in [0.1, 0.15) is 0 Å². The number of nitrogens with zero attached hydrogens (tertiary/aromatic N) is 4. The number of thioether (sulfide) groups is 1. The molecule has 114 valence electrons. The second kappa shape index (κ2) is 8.21. The normalized spacial score (nSPS) is 14.2. The van der Waals surface area contributed by atoms with E-state index in [-0.39, 0.29) is 5.91 Å². The number of hydrogen-bond acceptors (Lipinski definition) is 6. The number of hydrogen-bond donors (Lipinski definition) is 2. The topological polar surface area (TPSA) is 98.7 Å². The van der Waals surface area contributed by atoms with E-state index in [9.17, 15) is 4.79 Å². The Morgan fingerprint density at radius 2 is 2.25 bits per heavy atom. The van der Waals surface area contributed by atoms with Crippen LogP contribution in [0.4, 0.5) is 0 Å². The largest absolute Gasteiger partial charge is 0.368 e. The van der Waals surface area contributed by atoms with Crippen LogP contribution in [0.15, 0.2) is 5.16 Å². The van der Waals surface area contributed by atoms with Crippen molar-refractivity contribution in [1.82, 2.24) is 25.5 Å². The summed E-state index contributed by atoms with van der Waals surface area (Å²) < 4.78 is 1.65. The summed E-state index contributed by atoms with van der Waals surface area (Å²) in [4.78, 5) is 11.5. The van der Waals surface area contributed by atoms with E-state index in [1.807, 2.05) is 14.0 Å². The first-order chi connectivity index (χ1) is 9.49. The van der Waals surface area contributed by atoms with Gasteiger partial charge in [0.15, 0.2) is 0 Å². The number of nitrogens with one attached hydrogen (secondary N) is 1. The van der Waals surface area contributed by atoms with Gasteiger partial charge in [0.2, 0.25) is 11.1 Å². The van der Waals surface area contributed by atoms with Crippen molar-refractivity contribution in [2.24, 2.45) is 12.8 Å². The van der Waals surface area contributed by atoms with Crippen LogP contribution in [0, 0.1) is 0 Å². The highest BCUT2D eigenvalue weighted by atomic mass is 32.2. The van der Waals surface area contributed by atoms with Crippen LogP contribution in [-0.4, -0.2) is 44.0 Å². The Morgan fingerprint density at radius 3 is 2.80 bits per heavy atom. The molecule has 1 aromatic rings. The number of tetrazole rings is 1. The number of carbonyl (C=O) groups is 1. The molecule has 1 heterocycles. The van der Waals surface area contributed by atoms with Crippen molar-refractivity contribution >= 4 is 17.7 Å². The van der Waals surface area contributed by atoms with Crippen LogP contribution in [0.1, 0.15) is 39.5 Å². The van der Waals surface area contributed by atoms with E-state index in [0.29, 0.717) is 0 Å². The molecule has 7 nitrogen and oxygen atoms in total. The van der Waals surface area contributed by atoms with Crippen molar-refractivity contribution in [3.63, 3.8) is 0 Å². The lowest BCUT2D eigenvalue weighted by molar-refractivity contribution is -0.124. The van der Waals surface area contributed by atoms with Crippen molar-refractivity contribution in [2.75, 3.05) is 12.3 Å². The minimum atomic E-state index is -0.604. The van der Waals surface area contributed by atoms with E-state index in [1.165, 1.54) is 0 Å². The monoisotopic (exact) mass is 300 g/mol. The Bertz CT molecular complexity index is 424. The summed E-state index contributed by atoms with van der Waals surface area (Å²) in [5.74, 6) is 0.646. The van der Waals surface area contributed by atoms with E-state index >= 15 is 0 Å². The molecule has 0 radical (unpaired) electrons. The van der Waals surface area contributed by atoms with E-state index in [1.54, 1.807) is 16.4 Å². The smallest absolute Gasteiger partial charge is 0.237 e. The Kier molecular flexibility index (Phi) is 6.94. The molecule has 0 fully saturated rings. The molecule has 0 spiro atoms. The van der Waals surface area contributed by atoms with Gasteiger partial charge in [-0.3, -0.25) is 4.79 Å². The van der Waals surface area contributed by atoms with Gasteiger partial charge in [-0.2, -0.15) is 0 Å². The van der Waals surface area contributed by atoms with Crippen molar-refractivity contribution in [3.8, 4) is 0 Å². The molecule has 8 heteroatoms. The quantitative estimate of drug-likeness (QED) is 0.488. The van der Waals surface area contributed by atoms with Crippen molar-refractivity contribution in [1.29, 1.82) is 0 Å². The second-order valence-electron chi connectivity index (χ2n) is 5.01. The van der Waals surface area contributed by atoms with Crippen molar-refractivity contribution < 1.29 is 4.79 Å². The summed E-state index contributed by atoms with van der Waals surface area (Å²) in [6.45, 7) is 4.75. The molecule has 1 aromatic heterocycles. The van der Waals surface area contributed by atoms with Crippen LogP contribution in [0.25, 0.3) is 0 Å². The van der Waals surface area contributed by atoms with E-state index in [0.717, 1.165) is 43.1 Å². The number of unbranched alkanes of at least 4 members (excludes halogenated alkanes) is 1. The first-order valence-corrected chi connectivity index (χ1v) is 7.88. The van der Waals surface area contributed by atoms with Gasteiger partial charge in [-0.15, -0.1) is 5.10 Å². The van der Waals surface area contributed by atoms with Gasteiger partial charge < -0.3 is 11.1 Å². The highest BCUT2D eigenvalue weighted by Gasteiger charge is 2.29. The highest BCUT2D eigenvalue weighted by Crippen LogP contribution is 2.18. The van der Waals surface area contributed by atoms with Crippen LogP contribution < -0.4 is 11.1 Å². The molecule has 0 aliphatic heterocycles. The fourth-order valence-electron chi connectivity index (χ4n) is 1.79. The lowest BCUT2D eigenvalue weighted by atomic mass is 9.94. The summed E-state index contributed by atoms with van der Waals surface area (Å²) >= 11 is 1.62. The summed E-state index contributed by atoms with van der Waals surface area (Å²) in [6, 6.07) is 0.